The second-order valence-electron chi connectivity index (χ2n) is 18.0. The van der Waals surface area contributed by atoms with Crippen molar-refractivity contribution in [3.05, 3.63) is 60.4 Å². The molecule has 4 aromatic rings. The summed E-state index contributed by atoms with van der Waals surface area (Å²) in [7, 11) is 2.60. The average molecular weight is 835 g/mol. The van der Waals surface area contributed by atoms with Crippen LogP contribution in [0.3, 0.4) is 0 Å². The molecular formula is C45H54N8O8. The number of hydrogen-bond acceptors (Lipinski definition) is 10. The lowest BCUT2D eigenvalue weighted by Gasteiger charge is -2.40. The second kappa shape index (κ2) is 15.4. The SMILES string of the molecule is COC(=O)NC(C(=O)N1CC2CCC1(c1ncc(-c3ccc(-c4ccc(-c5cnc(C67CCC(CN6C(=O)C(NC(=O)OC)C(C)C)C7)[nH]5)c5c4OCO5)cc3)[nH]1)C2)C(C)C. The highest BCUT2D eigenvalue weighted by atomic mass is 16.7. The number of aromatic amines is 2. The van der Waals surface area contributed by atoms with Gasteiger partial charge in [0.1, 0.15) is 34.8 Å². The van der Waals surface area contributed by atoms with E-state index >= 15 is 0 Å². The molecule has 5 aliphatic rings. The van der Waals surface area contributed by atoms with Gasteiger partial charge in [0.05, 0.1) is 38.0 Å². The van der Waals surface area contributed by atoms with Crippen LogP contribution in [-0.2, 0) is 30.1 Å². The number of H-pyrrole nitrogens is 2. The van der Waals surface area contributed by atoms with Gasteiger partial charge in [-0.05, 0) is 85.5 Å². The molecule has 0 spiro atoms. The van der Waals surface area contributed by atoms with E-state index < -0.39 is 35.3 Å². The van der Waals surface area contributed by atoms with Crippen molar-refractivity contribution in [2.45, 2.75) is 89.4 Å². The fourth-order valence-corrected chi connectivity index (χ4v) is 10.6. The Labute approximate surface area is 354 Å². The minimum Gasteiger partial charge on any atom is -0.453 e. The van der Waals surface area contributed by atoms with Gasteiger partial charge in [-0.3, -0.25) is 9.59 Å². The van der Waals surface area contributed by atoms with E-state index in [9.17, 15) is 19.2 Å². The molecule has 61 heavy (non-hydrogen) atoms. The van der Waals surface area contributed by atoms with E-state index in [0.29, 0.717) is 36.4 Å². The lowest BCUT2D eigenvalue weighted by molar-refractivity contribution is -0.141. The summed E-state index contributed by atoms with van der Waals surface area (Å²) in [6.07, 6.45) is 7.59. The highest BCUT2D eigenvalue weighted by Gasteiger charge is 2.58. The molecule has 2 saturated carbocycles. The number of benzene rings is 2. The van der Waals surface area contributed by atoms with Crippen LogP contribution in [0, 0.1) is 23.7 Å². The number of piperidine rings is 2. The maximum atomic E-state index is 14.0. The Morgan fingerprint density at radius 2 is 1.15 bits per heavy atom. The molecule has 4 fully saturated rings. The number of likely N-dealkylation sites (tertiary alicyclic amines) is 2. The molecule has 4 amide bonds. The third-order valence-corrected chi connectivity index (χ3v) is 13.8. The Morgan fingerprint density at radius 1 is 0.689 bits per heavy atom. The fraction of sp³-hybridized carbons (Fsp3) is 0.511. The zero-order valence-corrected chi connectivity index (χ0v) is 35.5. The summed E-state index contributed by atoms with van der Waals surface area (Å²) < 4.78 is 21.9. The number of methoxy groups -OCH3 is 2. The zero-order chi connectivity index (χ0) is 42.8. The third kappa shape index (κ3) is 6.74. The molecule has 6 atom stereocenters. The molecule has 4 N–H and O–H groups in total. The van der Waals surface area contributed by atoms with E-state index in [1.54, 1.807) is 6.20 Å². The van der Waals surface area contributed by atoms with Gasteiger partial charge in [-0.1, -0.05) is 52.0 Å². The lowest BCUT2D eigenvalue weighted by Crippen LogP contribution is -2.56. The number of carbonyl (C=O) groups is 4. The molecule has 6 unspecified atom stereocenters. The van der Waals surface area contributed by atoms with Crippen molar-refractivity contribution in [1.82, 2.24) is 40.4 Å². The highest BCUT2D eigenvalue weighted by Crippen LogP contribution is 2.55. The number of amides is 4. The molecule has 9 rings (SSSR count). The van der Waals surface area contributed by atoms with Gasteiger partial charge in [0.25, 0.3) is 0 Å². The van der Waals surface area contributed by atoms with Crippen molar-refractivity contribution in [1.29, 1.82) is 0 Å². The van der Waals surface area contributed by atoms with Gasteiger partial charge in [0.2, 0.25) is 18.6 Å². The minimum atomic E-state index is -0.720. The number of rotatable bonds is 11. The standard InChI is InChI=1S/C45H54N8O8/c1-24(2)34(50-42(56)58-5)38(54)52-21-26-13-15-44(52,17-26)40-46-19-32(48-40)29-9-7-28(8-10-29)30-11-12-31(37-36(30)60-23-61-37)33-20-47-41(49-33)45-16-14-27(18-45)22-53(45)39(55)35(25(3)4)51-43(57)59-6/h7-12,19-20,24-27,34-35H,13-18,21-23H2,1-6H3,(H,46,48)(H,47,49)(H,50,56)(H,51,57). The van der Waals surface area contributed by atoms with Gasteiger partial charge in [-0.2, -0.15) is 0 Å². The quantitative estimate of drug-likeness (QED) is 0.133. The number of alkyl carbamates (subject to hydrolysis) is 2. The van der Waals surface area contributed by atoms with Crippen molar-refractivity contribution >= 4 is 24.0 Å². The fourth-order valence-electron chi connectivity index (χ4n) is 10.6. The first-order valence-electron chi connectivity index (χ1n) is 21.3. The molecule has 2 aromatic carbocycles. The summed E-state index contributed by atoms with van der Waals surface area (Å²) in [6.45, 7) is 8.98. The minimum absolute atomic E-state index is 0.0752. The van der Waals surface area contributed by atoms with Gasteiger partial charge in [0, 0.05) is 24.2 Å². The molecule has 2 aromatic heterocycles. The maximum absolute atomic E-state index is 14.0. The second-order valence-corrected chi connectivity index (χ2v) is 18.0. The van der Waals surface area contributed by atoms with Crippen LogP contribution in [0.2, 0.25) is 0 Å². The first-order valence-corrected chi connectivity index (χ1v) is 21.3. The molecule has 4 bridgehead atoms. The lowest BCUT2D eigenvalue weighted by atomic mass is 9.93. The van der Waals surface area contributed by atoms with Crippen molar-refractivity contribution in [2.75, 3.05) is 34.1 Å². The Balaban J connectivity index is 0.945. The number of ether oxygens (including phenoxy) is 4. The maximum Gasteiger partial charge on any atom is 0.407 e. The molecule has 3 aliphatic heterocycles. The summed E-state index contributed by atoms with van der Waals surface area (Å²) in [4.78, 5) is 73.1. The number of imidazole rings is 2. The van der Waals surface area contributed by atoms with Crippen molar-refractivity contribution < 1.29 is 38.1 Å². The van der Waals surface area contributed by atoms with Crippen LogP contribution >= 0.6 is 0 Å². The van der Waals surface area contributed by atoms with E-state index in [4.69, 9.17) is 28.9 Å². The monoisotopic (exact) mass is 834 g/mol. The van der Waals surface area contributed by atoms with Crippen LogP contribution in [-0.4, -0.2) is 99.9 Å². The van der Waals surface area contributed by atoms with Crippen LogP contribution in [0.4, 0.5) is 9.59 Å². The Morgan fingerprint density at radius 3 is 1.64 bits per heavy atom. The largest absolute Gasteiger partial charge is 0.453 e. The molecular weight excluding hydrogens is 781 g/mol. The smallest absolute Gasteiger partial charge is 0.407 e. The highest BCUT2D eigenvalue weighted by molar-refractivity contribution is 5.88. The summed E-state index contributed by atoms with van der Waals surface area (Å²) in [5.74, 6) is 2.97. The zero-order valence-electron chi connectivity index (χ0n) is 35.5. The number of nitrogens with one attached hydrogen (secondary N) is 4. The summed E-state index contributed by atoms with van der Waals surface area (Å²) in [5, 5.41) is 5.50. The number of hydrogen-bond donors (Lipinski definition) is 4. The molecule has 16 heteroatoms. The molecule has 5 heterocycles. The molecule has 2 aliphatic carbocycles. The van der Waals surface area contributed by atoms with Crippen LogP contribution < -0.4 is 20.1 Å². The van der Waals surface area contributed by atoms with E-state index in [2.05, 4.69) is 20.6 Å². The van der Waals surface area contributed by atoms with Gasteiger partial charge >= 0.3 is 12.2 Å². The number of carbonyl (C=O) groups excluding carboxylic acids is 4. The molecule has 16 nitrogen and oxygen atoms in total. The van der Waals surface area contributed by atoms with E-state index in [1.807, 2.05) is 80.1 Å². The van der Waals surface area contributed by atoms with Crippen LogP contribution in [0.15, 0.2) is 48.8 Å². The van der Waals surface area contributed by atoms with Gasteiger partial charge in [-0.15, -0.1) is 0 Å². The van der Waals surface area contributed by atoms with Crippen LogP contribution in [0.1, 0.15) is 77.9 Å². The number of aromatic nitrogens is 4. The molecule has 322 valence electrons. The van der Waals surface area contributed by atoms with Gasteiger partial charge in [-0.25, -0.2) is 19.6 Å². The number of nitrogens with zero attached hydrogens (tertiary/aromatic N) is 4. The predicted octanol–water partition coefficient (Wildman–Crippen LogP) is 6.30. The van der Waals surface area contributed by atoms with E-state index in [1.165, 1.54) is 14.2 Å². The summed E-state index contributed by atoms with van der Waals surface area (Å²) >= 11 is 0. The first-order chi connectivity index (χ1) is 29.3. The van der Waals surface area contributed by atoms with Crippen molar-refractivity contribution in [2.24, 2.45) is 23.7 Å². The average Bonchev–Trinajstić information content (AvgIpc) is 4.13. The predicted molar refractivity (Wildman–Crippen MR) is 223 cm³/mol. The summed E-state index contributed by atoms with van der Waals surface area (Å²) in [6, 6.07) is 10.8. The topological polar surface area (TPSA) is 193 Å². The number of fused-ring (bicyclic) bond motifs is 5. The first kappa shape index (κ1) is 40.4. The van der Waals surface area contributed by atoms with E-state index in [0.717, 1.165) is 83.8 Å². The Hall–Kier alpha value is -6.06. The van der Waals surface area contributed by atoms with Crippen LogP contribution in [0.25, 0.3) is 33.6 Å². The van der Waals surface area contributed by atoms with E-state index in [-0.39, 0.29) is 30.4 Å². The Kier molecular flexibility index (Phi) is 10.2. The van der Waals surface area contributed by atoms with Crippen molar-refractivity contribution in [3.8, 4) is 45.1 Å². The summed E-state index contributed by atoms with van der Waals surface area (Å²) in [5.41, 5.74) is 4.02. The Bertz CT molecular complexity index is 2360. The van der Waals surface area contributed by atoms with Crippen molar-refractivity contribution in [3.63, 3.8) is 0 Å². The third-order valence-electron chi connectivity index (χ3n) is 13.8. The van der Waals surface area contributed by atoms with Gasteiger partial charge < -0.3 is 49.3 Å². The molecule has 0 radical (unpaired) electrons. The normalized spacial score (nSPS) is 24.4. The molecule has 2 saturated heterocycles. The van der Waals surface area contributed by atoms with Gasteiger partial charge in [0.15, 0.2) is 11.5 Å². The van der Waals surface area contributed by atoms with Crippen LogP contribution in [0.5, 0.6) is 11.5 Å².